The Labute approximate surface area is 210 Å². The number of halogens is 1. The molecule has 2 N–H and O–H groups in total. The van der Waals surface area contributed by atoms with E-state index in [2.05, 4.69) is 39.8 Å². The molecule has 3 aromatic carbocycles. The molecular weight excluding hydrogens is 457 g/mol. The fourth-order valence-corrected chi connectivity index (χ4v) is 4.04. The minimum absolute atomic E-state index is 0.183. The van der Waals surface area contributed by atoms with E-state index in [1.807, 2.05) is 48.5 Å². The second-order valence-electron chi connectivity index (χ2n) is 9.15. The Morgan fingerprint density at radius 1 is 1.03 bits per heavy atom. The average molecular weight is 488 g/mol. The molecule has 7 nitrogen and oxygen atoms in total. The molecule has 4 aromatic rings. The van der Waals surface area contributed by atoms with Gasteiger partial charge in [-0.2, -0.15) is 0 Å². The molecule has 0 aliphatic carbocycles. The zero-order chi connectivity index (χ0) is 25.3. The number of rotatable bonds is 11. The summed E-state index contributed by atoms with van der Waals surface area (Å²) in [6.07, 6.45) is 1.89. The number of aryl methyl sites for hydroxylation is 2. The van der Waals surface area contributed by atoms with E-state index in [-0.39, 0.29) is 17.8 Å². The number of carbonyl (C=O) groups is 1. The summed E-state index contributed by atoms with van der Waals surface area (Å²) in [4.78, 5) is 13.6. The third-order valence-electron chi connectivity index (χ3n) is 5.87. The lowest BCUT2D eigenvalue weighted by molar-refractivity contribution is 0.0930. The van der Waals surface area contributed by atoms with E-state index in [4.69, 9.17) is 4.74 Å². The maximum Gasteiger partial charge on any atom is 0.252 e. The van der Waals surface area contributed by atoms with Gasteiger partial charge in [-0.1, -0.05) is 56.3 Å². The molecule has 36 heavy (non-hydrogen) atoms. The smallest absolute Gasteiger partial charge is 0.252 e. The molecule has 186 valence electrons. The van der Waals surface area contributed by atoms with Gasteiger partial charge in [-0.15, -0.1) is 5.10 Å². The first-order valence-electron chi connectivity index (χ1n) is 12.1. The maximum absolute atomic E-state index is 13.6. The zero-order valence-electron chi connectivity index (χ0n) is 20.4. The summed E-state index contributed by atoms with van der Waals surface area (Å²) in [7, 11) is 0. The van der Waals surface area contributed by atoms with Gasteiger partial charge in [0, 0.05) is 12.0 Å². The molecule has 0 bridgehead atoms. The number of amides is 1. The van der Waals surface area contributed by atoms with E-state index in [1.165, 1.54) is 12.1 Å². The third-order valence-corrected chi connectivity index (χ3v) is 5.87. The first-order chi connectivity index (χ1) is 17.5. The summed E-state index contributed by atoms with van der Waals surface area (Å²) in [5.74, 6) is 1.27. The number of benzene rings is 3. The number of nitrogens with one attached hydrogen (secondary N) is 2. The van der Waals surface area contributed by atoms with Gasteiger partial charge < -0.3 is 10.1 Å². The highest BCUT2D eigenvalue weighted by Gasteiger charge is 2.20. The number of nitrogens with zero attached hydrogens (tertiary/aromatic N) is 3. The fraction of sp³-hybridized carbons (Fsp3) is 0.286. The Morgan fingerprint density at radius 2 is 1.81 bits per heavy atom. The summed E-state index contributed by atoms with van der Waals surface area (Å²) in [6, 6.07) is 21.4. The number of aromatic nitrogens is 4. The average Bonchev–Trinajstić information content (AvgIpc) is 3.40. The van der Waals surface area contributed by atoms with E-state index in [1.54, 1.807) is 12.1 Å². The fourth-order valence-electron chi connectivity index (χ4n) is 4.04. The van der Waals surface area contributed by atoms with E-state index < -0.39 is 0 Å². The Bertz CT molecular complexity index is 1240. The molecular formula is C28H30FN5O2. The number of ether oxygens (including phenoxy) is 1. The zero-order valence-corrected chi connectivity index (χ0v) is 20.4. The maximum atomic E-state index is 13.6. The van der Waals surface area contributed by atoms with Gasteiger partial charge in [-0.25, -0.2) is 9.49 Å². The van der Waals surface area contributed by atoms with Crippen molar-refractivity contribution in [1.29, 1.82) is 0 Å². The highest BCUT2D eigenvalue weighted by molar-refractivity contribution is 5.96. The van der Waals surface area contributed by atoms with Crippen molar-refractivity contribution in [2.45, 2.75) is 45.8 Å². The Hall–Kier alpha value is -4.07. The molecule has 0 saturated carbocycles. The van der Waals surface area contributed by atoms with Crippen molar-refractivity contribution in [3.63, 3.8) is 0 Å². The lowest BCUT2D eigenvalue weighted by Gasteiger charge is -2.22. The van der Waals surface area contributed by atoms with Crippen LogP contribution < -0.4 is 10.1 Å². The van der Waals surface area contributed by atoms with Crippen molar-refractivity contribution < 1.29 is 13.9 Å². The molecule has 4 rings (SSSR count). The Kier molecular flexibility index (Phi) is 8.39. The lowest BCUT2D eigenvalue weighted by atomic mass is 9.95. The van der Waals surface area contributed by atoms with E-state index in [9.17, 15) is 9.18 Å². The number of aromatic amines is 1. The molecule has 0 spiro atoms. The van der Waals surface area contributed by atoms with Gasteiger partial charge in [0.25, 0.3) is 5.91 Å². The van der Waals surface area contributed by atoms with Gasteiger partial charge in [0.1, 0.15) is 24.0 Å². The monoisotopic (exact) mass is 487 g/mol. The number of tetrazole rings is 1. The summed E-state index contributed by atoms with van der Waals surface area (Å²) in [5, 5.41) is 17.1. The second kappa shape index (κ2) is 12.1. The van der Waals surface area contributed by atoms with E-state index in [0.717, 1.165) is 28.9 Å². The summed E-state index contributed by atoms with van der Waals surface area (Å²) >= 11 is 0. The standard InChI is InChI=1S/C28H30FN5O2/c1-19(2)16-26(22-10-13-23(29)14-11-22)30-28(35)25-17-20(18-36-24-6-4-3-5-7-24)8-9-21(25)12-15-27-31-33-34-32-27/h3-11,13-14,17,19,26H,12,15-16,18H2,1-2H3,(H,30,35)(H,31,32,33,34). The first-order valence-corrected chi connectivity index (χ1v) is 12.1. The summed E-state index contributed by atoms with van der Waals surface area (Å²) in [5.41, 5.74) is 3.22. The predicted octanol–water partition coefficient (Wildman–Crippen LogP) is 5.22. The number of hydrogen-bond acceptors (Lipinski definition) is 5. The molecule has 1 aromatic heterocycles. The number of carbonyl (C=O) groups excluding carboxylic acids is 1. The van der Waals surface area contributed by atoms with Gasteiger partial charge in [-0.3, -0.25) is 4.79 Å². The largest absolute Gasteiger partial charge is 0.489 e. The molecule has 1 unspecified atom stereocenters. The van der Waals surface area contributed by atoms with Crippen LogP contribution in [0.15, 0.2) is 72.8 Å². The lowest BCUT2D eigenvalue weighted by Crippen LogP contribution is -2.30. The first kappa shape index (κ1) is 25.0. The van der Waals surface area contributed by atoms with Crippen LogP contribution in [0.3, 0.4) is 0 Å². The van der Waals surface area contributed by atoms with Crippen molar-refractivity contribution in [3.05, 3.63) is 107 Å². The van der Waals surface area contributed by atoms with Crippen LogP contribution in [0.25, 0.3) is 0 Å². The molecule has 1 atom stereocenters. The third kappa shape index (κ3) is 6.97. The molecule has 1 amide bonds. The molecule has 0 fully saturated rings. The van der Waals surface area contributed by atoms with E-state index >= 15 is 0 Å². The van der Waals surface area contributed by atoms with Crippen molar-refractivity contribution in [2.75, 3.05) is 0 Å². The highest BCUT2D eigenvalue weighted by Crippen LogP contribution is 2.24. The van der Waals surface area contributed by atoms with E-state index in [0.29, 0.717) is 36.8 Å². The van der Waals surface area contributed by atoms with Gasteiger partial charge >= 0.3 is 0 Å². The molecule has 0 aliphatic heterocycles. The minimum atomic E-state index is -0.302. The van der Waals surface area contributed by atoms with Crippen molar-refractivity contribution >= 4 is 5.91 Å². The van der Waals surface area contributed by atoms with Crippen LogP contribution in [0, 0.1) is 11.7 Å². The SMILES string of the molecule is CC(C)CC(NC(=O)c1cc(COc2ccccc2)ccc1CCc1nnn[nH]1)c1ccc(F)cc1. The molecule has 8 heteroatoms. The summed E-state index contributed by atoms with van der Waals surface area (Å²) < 4.78 is 19.4. The quantitative estimate of drug-likeness (QED) is 0.303. The molecule has 1 heterocycles. The second-order valence-corrected chi connectivity index (χ2v) is 9.15. The number of H-pyrrole nitrogens is 1. The van der Waals surface area contributed by atoms with Gasteiger partial charge in [0.05, 0.1) is 6.04 Å². The topological polar surface area (TPSA) is 92.8 Å². The van der Waals surface area contributed by atoms with Crippen LogP contribution in [0.1, 0.15) is 59.2 Å². The minimum Gasteiger partial charge on any atom is -0.489 e. The number of para-hydroxylation sites is 1. The normalized spacial score (nSPS) is 11.9. The van der Waals surface area contributed by atoms with Gasteiger partial charge in [0.2, 0.25) is 0 Å². The number of hydrogen-bond donors (Lipinski definition) is 2. The summed E-state index contributed by atoms with van der Waals surface area (Å²) in [6.45, 7) is 4.53. The van der Waals surface area contributed by atoms with Crippen LogP contribution >= 0.6 is 0 Å². The van der Waals surface area contributed by atoms with Crippen molar-refractivity contribution in [2.24, 2.45) is 5.92 Å². The van der Waals surface area contributed by atoms with Crippen molar-refractivity contribution in [3.8, 4) is 5.75 Å². The van der Waals surface area contributed by atoms with Crippen LogP contribution in [0.4, 0.5) is 4.39 Å². The van der Waals surface area contributed by atoms with Crippen molar-refractivity contribution in [1.82, 2.24) is 25.9 Å². The van der Waals surface area contributed by atoms with Gasteiger partial charge in [0.15, 0.2) is 0 Å². The predicted molar refractivity (Wildman–Crippen MR) is 135 cm³/mol. The highest BCUT2D eigenvalue weighted by atomic mass is 19.1. The molecule has 0 radical (unpaired) electrons. The van der Waals surface area contributed by atoms with Crippen LogP contribution in [0.5, 0.6) is 5.75 Å². The molecule has 0 aliphatic rings. The van der Waals surface area contributed by atoms with Crippen LogP contribution in [0.2, 0.25) is 0 Å². The Balaban J connectivity index is 1.57. The van der Waals surface area contributed by atoms with Crippen LogP contribution in [-0.4, -0.2) is 26.5 Å². The van der Waals surface area contributed by atoms with Crippen LogP contribution in [-0.2, 0) is 19.4 Å². The molecule has 0 saturated heterocycles. The Morgan fingerprint density at radius 3 is 2.50 bits per heavy atom. The van der Waals surface area contributed by atoms with Gasteiger partial charge in [-0.05, 0) is 76.2 Å².